The number of ether oxygens (including phenoxy) is 3. The Morgan fingerprint density at radius 1 is 1.12 bits per heavy atom. The third kappa shape index (κ3) is 5.52. The maximum atomic E-state index is 5.52. The normalized spacial score (nSPS) is 10.5. The molecule has 0 unspecified atom stereocenters. The van der Waals surface area contributed by atoms with E-state index in [0.29, 0.717) is 0 Å². The predicted octanol–water partition coefficient (Wildman–Crippen LogP) is 3.40. The van der Waals surface area contributed by atoms with Gasteiger partial charge in [-0.1, -0.05) is 15.9 Å². The van der Waals surface area contributed by atoms with Crippen LogP contribution in [0.15, 0.2) is 22.7 Å². The van der Waals surface area contributed by atoms with E-state index in [1.54, 1.807) is 14.2 Å². The van der Waals surface area contributed by atoms with Gasteiger partial charge in [0.2, 0.25) is 0 Å². The number of benzene rings is 1. The van der Waals surface area contributed by atoms with Crippen LogP contribution in [0.3, 0.4) is 0 Å². The smallest absolute Gasteiger partial charge is 0.188 e. The molecule has 0 saturated heterocycles. The zero-order valence-corrected chi connectivity index (χ0v) is 12.0. The van der Waals surface area contributed by atoms with E-state index in [0.717, 1.165) is 36.1 Å². The molecule has 96 valence electrons. The van der Waals surface area contributed by atoms with E-state index >= 15 is 0 Å². The monoisotopic (exact) mass is 302 g/mol. The van der Waals surface area contributed by atoms with Gasteiger partial charge < -0.3 is 14.2 Å². The third-order valence-corrected chi connectivity index (χ3v) is 2.89. The van der Waals surface area contributed by atoms with Gasteiger partial charge in [-0.2, -0.15) is 0 Å². The molecule has 0 aliphatic rings. The van der Waals surface area contributed by atoms with Crippen molar-refractivity contribution in [1.29, 1.82) is 0 Å². The number of hydrogen-bond donors (Lipinski definition) is 0. The fourth-order valence-electron chi connectivity index (χ4n) is 1.57. The predicted molar refractivity (Wildman–Crippen MR) is 71.5 cm³/mol. The molecule has 0 bridgehead atoms. The van der Waals surface area contributed by atoms with Gasteiger partial charge in [-0.15, -0.1) is 0 Å². The number of aryl methyl sites for hydroxylation is 1. The van der Waals surface area contributed by atoms with Crippen molar-refractivity contribution in [3.63, 3.8) is 0 Å². The zero-order chi connectivity index (χ0) is 12.5. The fraction of sp³-hybridized carbons (Fsp3) is 0.538. The van der Waals surface area contributed by atoms with Crippen molar-refractivity contribution < 1.29 is 14.2 Å². The summed E-state index contributed by atoms with van der Waals surface area (Å²) in [6, 6.07) is 6.04. The molecule has 0 saturated carbocycles. The number of halogens is 1. The van der Waals surface area contributed by atoms with E-state index in [4.69, 9.17) is 14.2 Å². The van der Waals surface area contributed by atoms with Gasteiger partial charge in [0.1, 0.15) is 5.75 Å². The average molecular weight is 303 g/mol. The van der Waals surface area contributed by atoms with Crippen molar-refractivity contribution in [1.82, 2.24) is 0 Å². The minimum atomic E-state index is 0.284. The molecule has 0 amide bonds. The van der Waals surface area contributed by atoms with Crippen molar-refractivity contribution in [2.45, 2.75) is 19.3 Å². The van der Waals surface area contributed by atoms with Crippen molar-refractivity contribution >= 4 is 15.9 Å². The topological polar surface area (TPSA) is 27.7 Å². The first-order chi connectivity index (χ1) is 8.27. The van der Waals surface area contributed by atoms with Crippen LogP contribution in [-0.2, 0) is 15.9 Å². The number of unbranched alkanes of at least 4 members (excludes halogenated alkanes) is 1. The van der Waals surface area contributed by atoms with E-state index < -0.39 is 0 Å². The molecule has 0 heterocycles. The third-order valence-electron chi connectivity index (χ3n) is 2.40. The van der Waals surface area contributed by atoms with Gasteiger partial charge in [0.05, 0.1) is 0 Å². The highest BCUT2D eigenvalue weighted by Crippen LogP contribution is 2.24. The maximum Gasteiger partial charge on any atom is 0.188 e. The van der Waals surface area contributed by atoms with Crippen LogP contribution in [0, 0.1) is 0 Å². The summed E-state index contributed by atoms with van der Waals surface area (Å²) in [5.41, 5.74) is 1.20. The van der Waals surface area contributed by atoms with E-state index in [1.165, 1.54) is 5.56 Å². The van der Waals surface area contributed by atoms with Crippen molar-refractivity contribution in [2.24, 2.45) is 0 Å². The number of methoxy groups -OCH3 is 2. The lowest BCUT2D eigenvalue weighted by Crippen LogP contribution is -2.02. The molecule has 17 heavy (non-hydrogen) atoms. The summed E-state index contributed by atoms with van der Waals surface area (Å²) >= 11 is 3.48. The van der Waals surface area contributed by atoms with Crippen LogP contribution < -0.4 is 4.74 Å². The van der Waals surface area contributed by atoms with E-state index in [2.05, 4.69) is 22.0 Å². The lowest BCUT2D eigenvalue weighted by Gasteiger charge is -2.11. The molecule has 0 aliphatic heterocycles. The summed E-state index contributed by atoms with van der Waals surface area (Å²) in [5, 5.41) is 0. The Balaban J connectivity index is 2.56. The SMILES string of the molecule is COCCCCc1cc(Br)ccc1OCOC. The molecular formula is C13H19BrO3. The molecule has 0 aromatic heterocycles. The molecule has 0 fully saturated rings. The van der Waals surface area contributed by atoms with Gasteiger partial charge in [0.15, 0.2) is 6.79 Å². The van der Waals surface area contributed by atoms with Gasteiger partial charge in [-0.25, -0.2) is 0 Å². The zero-order valence-electron chi connectivity index (χ0n) is 10.4. The van der Waals surface area contributed by atoms with E-state index in [-0.39, 0.29) is 6.79 Å². The number of hydrogen-bond acceptors (Lipinski definition) is 3. The molecule has 0 spiro atoms. The Kier molecular flexibility index (Phi) is 7.24. The quantitative estimate of drug-likeness (QED) is 0.544. The summed E-state index contributed by atoms with van der Waals surface area (Å²) in [6.07, 6.45) is 3.14. The molecule has 4 heteroatoms. The van der Waals surface area contributed by atoms with Crippen molar-refractivity contribution in [2.75, 3.05) is 27.6 Å². The van der Waals surface area contributed by atoms with Crippen LogP contribution in [0.1, 0.15) is 18.4 Å². The Labute approximate surface area is 111 Å². The Morgan fingerprint density at radius 3 is 2.65 bits per heavy atom. The van der Waals surface area contributed by atoms with Crippen LogP contribution in [-0.4, -0.2) is 27.6 Å². The summed E-state index contributed by atoms with van der Waals surface area (Å²) in [6.45, 7) is 1.09. The second-order valence-electron chi connectivity index (χ2n) is 3.75. The van der Waals surface area contributed by atoms with Gasteiger partial charge >= 0.3 is 0 Å². The minimum absolute atomic E-state index is 0.284. The molecule has 3 nitrogen and oxygen atoms in total. The first kappa shape index (κ1) is 14.5. The van der Waals surface area contributed by atoms with Gasteiger partial charge in [0.25, 0.3) is 0 Å². The van der Waals surface area contributed by atoms with Crippen molar-refractivity contribution in [3.8, 4) is 5.75 Å². The highest BCUT2D eigenvalue weighted by atomic mass is 79.9. The average Bonchev–Trinajstić information content (AvgIpc) is 2.33. The Morgan fingerprint density at radius 2 is 1.94 bits per heavy atom. The second-order valence-corrected chi connectivity index (χ2v) is 4.67. The van der Waals surface area contributed by atoms with Crippen molar-refractivity contribution in [3.05, 3.63) is 28.2 Å². The van der Waals surface area contributed by atoms with Gasteiger partial charge in [0, 0.05) is 25.3 Å². The van der Waals surface area contributed by atoms with Gasteiger partial charge in [-0.3, -0.25) is 0 Å². The van der Waals surface area contributed by atoms with Crippen LogP contribution >= 0.6 is 15.9 Å². The van der Waals surface area contributed by atoms with Crippen LogP contribution in [0.4, 0.5) is 0 Å². The molecule has 1 rings (SSSR count). The molecule has 1 aromatic carbocycles. The largest absolute Gasteiger partial charge is 0.467 e. The molecule has 0 radical (unpaired) electrons. The molecule has 0 N–H and O–H groups in total. The lowest BCUT2D eigenvalue weighted by molar-refractivity contribution is 0.0504. The molecule has 0 aliphatic carbocycles. The summed E-state index contributed by atoms with van der Waals surface area (Å²) < 4.78 is 16.6. The Hall–Kier alpha value is -0.580. The van der Waals surface area contributed by atoms with Crippen LogP contribution in [0.2, 0.25) is 0 Å². The molecule has 1 aromatic rings. The van der Waals surface area contributed by atoms with E-state index in [9.17, 15) is 0 Å². The lowest BCUT2D eigenvalue weighted by atomic mass is 10.1. The molecular weight excluding hydrogens is 284 g/mol. The van der Waals surface area contributed by atoms with Crippen LogP contribution in [0.5, 0.6) is 5.75 Å². The standard InChI is InChI=1S/C13H19BrO3/c1-15-8-4-3-5-11-9-12(14)6-7-13(11)17-10-16-2/h6-7,9H,3-5,8,10H2,1-2H3. The fourth-order valence-corrected chi connectivity index (χ4v) is 1.98. The first-order valence-corrected chi connectivity index (χ1v) is 6.46. The highest BCUT2D eigenvalue weighted by Gasteiger charge is 2.04. The summed E-state index contributed by atoms with van der Waals surface area (Å²) in [4.78, 5) is 0. The first-order valence-electron chi connectivity index (χ1n) is 5.67. The molecule has 0 atom stereocenters. The second kappa shape index (κ2) is 8.50. The Bertz CT molecular complexity index is 328. The summed E-state index contributed by atoms with van der Waals surface area (Å²) in [7, 11) is 3.35. The maximum absolute atomic E-state index is 5.52. The minimum Gasteiger partial charge on any atom is -0.467 e. The number of rotatable bonds is 8. The van der Waals surface area contributed by atoms with Crippen LogP contribution in [0.25, 0.3) is 0 Å². The highest BCUT2D eigenvalue weighted by molar-refractivity contribution is 9.10. The van der Waals surface area contributed by atoms with Gasteiger partial charge in [-0.05, 0) is 43.0 Å². The summed E-state index contributed by atoms with van der Waals surface area (Å²) in [5.74, 6) is 0.896. The van der Waals surface area contributed by atoms with E-state index in [1.807, 2.05) is 12.1 Å².